The van der Waals surface area contributed by atoms with E-state index in [1.165, 1.54) is 11.3 Å². The summed E-state index contributed by atoms with van der Waals surface area (Å²) >= 11 is 12.6. The lowest BCUT2D eigenvalue weighted by Crippen LogP contribution is -2.46. The number of benzene rings is 2. The van der Waals surface area contributed by atoms with Gasteiger partial charge in [0, 0.05) is 38.7 Å². The van der Waals surface area contributed by atoms with Crippen molar-refractivity contribution in [2.24, 2.45) is 10.8 Å². The van der Waals surface area contributed by atoms with Crippen LogP contribution in [-0.2, 0) is 16.0 Å². The van der Waals surface area contributed by atoms with Crippen molar-refractivity contribution in [1.82, 2.24) is 4.90 Å². The number of ether oxygens (including phenoxy) is 2. The van der Waals surface area contributed by atoms with E-state index in [0.29, 0.717) is 40.9 Å². The molecule has 2 heterocycles. The Morgan fingerprint density at radius 1 is 0.913 bits per heavy atom. The Balaban J connectivity index is 1.22. The van der Waals surface area contributed by atoms with Crippen LogP contribution in [0.1, 0.15) is 91.5 Å². The third-order valence-electron chi connectivity index (χ3n) is 9.74. The van der Waals surface area contributed by atoms with E-state index in [2.05, 4.69) is 44.4 Å². The van der Waals surface area contributed by atoms with Crippen LogP contribution in [0, 0.1) is 10.8 Å². The van der Waals surface area contributed by atoms with E-state index in [9.17, 15) is 9.59 Å². The SMILES string of the molecule is CCCC(C)(CC)CC(C)(C)CCOC(=O)N1C(=O)CCc2ccc(OCCCCN3CCN(c4cccc(Cl)c4Cl)CC3)cc21. The summed E-state index contributed by atoms with van der Waals surface area (Å²) in [6, 6.07) is 11.5. The zero-order valence-corrected chi connectivity index (χ0v) is 30.0. The molecule has 2 aromatic rings. The maximum Gasteiger partial charge on any atom is 0.421 e. The number of fused-ring (bicyclic) bond motifs is 1. The number of piperazine rings is 1. The van der Waals surface area contributed by atoms with Crippen molar-refractivity contribution < 1.29 is 19.1 Å². The number of anilines is 2. The minimum atomic E-state index is -0.594. The Hall–Kier alpha value is -2.48. The number of hydrogen-bond donors (Lipinski definition) is 0. The third kappa shape index (κ3) is 9.77. The molecule has 0 bridgehead atoms. The van der Waals surface area contributed by atoms with Crippen molar-refractivity contribution in [2.75, 3.05) is 55.7 Å². The molecule has 1 fully saturated rings. The van der Waals surface area contributed by atoms with Gasteiger partial charge in [0.25, 0.3) is 0 Å². The lowest BCUT2D eigenvalue weighted by molar-refractivity contribution is -0.118. The number of halogens is 2. The summed E-state index contributed by atoms with van der Waals surface area (Å²) in [6.45, 7) is 17.0. The molecule has 2 amide bonds. The largest absolute Gasteiger partial charge is 0.494 e. The third-order valence-corrected chi connectivity index (χ3v) is 10.5. The summed E-state index contributed by atoms with van der Waals surface area (Å²) in [7, 11) is 0. The second kappa shape index (κ2) is 16.6. The minimum absolute atomic E-state index is 0.0324. The van der Waals surface area contributed by atoms with Crippen molar-refractivity contribution in [1.29, 1.82) is 0 Å². The molecule has 7 nitrogen and oxygen atoms in total. The maximum atomic E-state index is 13.2. The molecular formula is C37H53Cl2N3O4. The van der Waals surface area contributed by atoms with E-state index >= 15 is 0 Å². The number of nitrogens with zero attached hydrogens (tertiary/aromatic N) is 3. The standard InChI is InChI=1S/C37H53Cl2N3O4/c1-6-17-37(5,7-2)27-36(3,4)18-25-46-35(44)42-32-26-29(15-13-28(32)14-16-33(42)43)45-24-9-8-19-40-20-22-41(23-21-40)31-12-10-11-30(38)34(31)39/h10-13,15,26H,6-9,14,16-25,27H2,1-5H3. The highest BCUT2D eigenvalue weighted by Crippen LogP contribution is 2.42. The Kier molecular flexibility index (Phi) is 13.1. The lowest BCUT2D eigenvalue weighted by Gasteiger charge is -2.37. The average Bonchev–Trinajstić information content (AvgIpc) is 3.02. The van der Waals surface area contributed by atoms with Crippen LogP contribution in [0.2, 0.25) is 10.0 Å². The predicted molar refractivity (Wildman–Crippen MR) is 190 cm³/mol. The molecule has 254 valence electrons. The molecule has 0 saturated carbocycles. The molecule has 4 rings (SSSR count). The number of aryl methyl sites for hydroxylation is 1. The highest BCUT2D eigenvalue weighted by Gasteiger charge is 2.33. The number of unbranched alkanes of at least 4 members (excludes halogenated alkanes) is 1. The average molecular weight is 675 g/mol. The van der Waals surface area contributed by atoms with Gasteiger partial charge >= 0.3 is 6.09 Å². The Bertz CT molecular complexity index is 1330. The lowest BCUT2D eigenvalue weighted by atomic mass is 9.69. The molecule has 0 radical (unpaired) electrons. The van der Waals surface area contributed by atoms with Crippen molar-refractivity contribution in [3.8, 4) is 5.75 Å². The molecule has 0 aromatic heterocycles. The summed E-state index contributed by atoms with van der Waals surface area (Å²) in [5, 5.41) is 1.21. The Morgan fingerprint density at radius 2 is 1.67 bits per heavy atom. The van der Waals surface area contributed by atoms with Crippen LogP contribution in [0.25, 0.3) is 0 Å². The van der Waals surface area contributed by atoms with Gasteiger partial charge in [0.1, 0.15) is 5.75 Å². The summed E-state index contributed by atoms with van der Waals surface area (Å²) in [6.07, 6.45) is 7.54. The highest BCUT2D eigenvalue weighted by molar-refractivity contribution is 6.43. The molecular weight excluding hydrogens is 621 g/mol. The summed E-state index contributed by atoms with van der Waals surface area (Å²) in [4.78, 5) is 32.1. The van der Waals surface area contributed by atoms with E-state index in [-0.39, 0.29) is 23.3 Å². The molecule has 1 atom stereocenters. The van der Waals surface area contributed by atoms with Gasteiger partial charge in [-0.3, -0.25) is 9.69 Å². The van der Waals surface area contributed by atoms with Crippen LogP contribution >= 0.6 is 23.2 Å². The Morgan fingerprint density at radius 3 is 2.39 bits per heavy atom. The number of carbonyl (C=O) groups is 2. The van der Waals surface area contributed by atoms with Crippen LogP contribution in [0.5, 0.6) is 5.75 Å². The first-order valence-electron chi connectivity index (χ1n) is 17.1. The molecule has 0 spiro atoms. The fraction of sp³-hybridized carbons (Fsp3) is 0.622. The molecule has 1 saturated heterocycles. The van der Waals surface area contributed by atoms with Gasteiger partial charge in [0.2, 0.25) is 5.91 Å². The zero-order chi connectivity index (χ0) is 33.3. The summed E-state index contributed by atoms with van der Waals surface area (Å²) < 4.78 is 11.8. The molecule has 9 heteroatoms. The molecule has 1 unspecified atom stereocenters. The van der Waals surface area contributed by atoms with Gasteiger partial charge in [-0.2, -0.15) is 0 Å². The first-order chi connectivity index (χ1) is 21.9. The number of amides is 2. The minimum Gasteiger partial charge on any atom is -0.494 e. The molecule has 46 heavy (non-hydrogen) atoms. The smallest absolute Gasteiger partial charge is 0.421 e. The van der Waals surface area contributed by atoms with Crippen LogP contribution in [0.4, 0.5) is 16.2 Å². The van der Waals surface area contributed by atoms with Crippen molar-refractivity contribution in [3.05, 3.63) is 52.0 Å². The number of rotatable bonds is 15. The number of carbonyl (C=O) groups excluding carboxylic acids is 2. The fourth-order valence-electron chi connectivity index (χ4n) is 7.03. The van der Waals surface area contributed by atoms with Crippen LogP contribution in [0.3, 0.4) is 0 Å². The molecule has 2 aliphatic rings. The van der Waals surface area contributed by atoms with Gasteiger partial charge in [0.15, 0.2) is 0 Å². The van der Waals surface area contributed by atoms with Gasteiger partial charge < -0.3 is 14.4 Å². The monoisotopic (exact) mass is 673 g/mol. The quantitative estimate of drug-likeness (QED) is 0.176. The second-order valence-corrected chi connectivity index (χ2v) is 14.9. The number of imide groups is 1. The van der Waals surface area contributed by atoms with Crippen LogP contribution in [0.15, 0.2) is 36.4 Å². The fourth-order valence-corrected chi connectivity index (χ4v) is 7.45. The topological polar surface area (TPSA) is 62.3 Å². The van der Waals surface area contributed by atoms with E-state index in [0.717, 1.165) is 82.5 Å². The van der Waals surface area contributed by atoms with Gasteiger partial charge in [-0.05, 0) is 79.7 Å². The van der Waals surface area contributed by atoms with Crippen molar-refractivity contribution in [2.45, 2.75) is 92.4 Å². The molecule has 2 aromatic carbocycles. The summed E-state index contributed by atoms with van der Waals surface area (Å²) in [5.41, 5.74) is 2.86. The van der Waals surface area contributed by atoms with Gasteiger partial charge in [-0.25, -0.2) is 9.69 Å². The predicted octanol–water partition coefficient (Wildman–Crippen LogP) is 9.41. The number of hydrogen-bond acceptors (Lipinski definition) is 6. The normalized spacial score (nSPS) is 17.1. The Labute approximate surface area is 286 Å². The van der Waals surface area contributed by atoms with E-state index in [4.69, 9.17) is 32.7 Å². The van der Waals surface area contributed by atoms with Gasteiger partial charge in [-0.1, -0.05) is 82.8 Å². The van der Waals surface area contributed by atoms with Crippen LogP contribution < -0.4 is 14.5 Å². The van der Waals surface area contributed by atoms with Gasteiger partial charge in [-0.15, -0.1) is 0 Å². The summed E-state index contributed by atoms with van der Waals surface area (Å²) in [5.74, 6) is 0.433. The first-order valence-corrected chi connectivity index (χ1v) is 17.9. The molecule has 0 aliphatic carbocycles. The van der Waals surface area contributed by atoms with E-state index in [1.54, 1.807) is 0 Å². The van der Waals surface area contributed by atoms with E-state index < -0.39 is 6.09 Å². The van der Waals surface area contributed by atoms with Crippen LogP contribution in [-0.4, -0.2) is 62.8 Å². The second-order valence-electron chi connectivity index (χ2n) is 14.1. The van der Waals surface area contributed by atoms with Crippen molar-refractivity contribution >= 4 is 46.6 Å². The first kappa shape index (κ1) is 36.4. The van der Waals surface area contributed by atoms with E-state index in [1.807, 2.05) is 36.4 Å². The maximum absolute atomic E-state index is 13.2. The highest BCUT2D eigenvalue weighted by atomic mass is 35.5. The van der Waals surface area contributed by atoms with Gasteiger partial charge in [0.05, 0.1) is 34.6 Å². The zero-order valence-electron chi connectivity index (χ0n) is 28.5. The molecule has 0 N–H and O–H groups in total. The van der Waals surface area contributed by atoms with Crippen molar-refractivity contribution in [3.63, 3.8) is 0 Å². The molecule has 2 aliphatic heterocycles.